The summed E-state index contributed by atoms with van der Waals surface area (Å²) in [6, 6.07) is 7.20. The van der Waals surface area contributed by atoms with Gasteiger partial charge in [0.2, 0.25) is 5.91 Å². The lowest BCUT2D eigenvalue weighted by Gasteiger charge is -2.12. The fourth-order valence-corrected chi connectivity index (χ4v) is 5.39. The normalized spacial score (nSPS) is 13.3. The smallest absolute Gasteiger partial charge is 0.263 e. The second-order valence-electron chi connectivity index (χ2n) is 8.33. The Bertz CT molecular complexity index is 1260. The number of carbonyl (C=O) groups is 2. The lowest BCUT2D eigenvalue weighted by molar-refractivity contribution is -0.113. The predicted octanol–water partition coefficient (Wildman–Crippen LogP) is 4.50. The van der Waals surface area contributed by atoms with Gasteiger partial charge in [0.05, 0.1) is 11.1 Å². The van der Waals surface area contributed by atoms with E-state index in [0.29, 0.717) is 28.3 Å². The molecule has 0 unspecified atom stereocenters. The van der Waals surface area contributed by atoms with Crippen LogP contribution in [0.3, 0.4) is 0 Å². The maximum atomic E-state index is 13.2. The average Bonchev–Trinajstić information content (AvgIpc) is 3.55. The Labute approximate surface area is 201 Å². The minimum absolute atomic E-state index is 0.0346. The quantitative estimate of drug-likeness (QED) is 0.345. The zero-order valence-electron chi connectivity index (χ0n) is 19.1. The number of thioether (sulfide) groups is 1. The molecule has 1 fully saturated rings. The Morgan fingerprint density at radius 1 is 1.27 bits per heavy atom. The highest BCUT2D eigenvalue weighted by atomic mass is 32.2. The van der Waals surface area contributed by atoms with E-state index in [-0.39, 0.29) is 29.2 Å². The number of amides is 2. The number of thiophene rings is 1. The molecule has 174 valence electrons. The molecule has 1 aliphatic carbocycles. The van der Waals surface area contributed by atoms with Gasteiger partial charge in [-0.3, -0.25) is 19.0 Å². The number of anilines is 1. The van der Waals surface area contributed by atoms with Crippen molar-refractivity contribution in [3.05, 3.63) is 50.6 Å². The number of benzene rings is 1. The van der Waals surface area contributed by atoms with E-state index in [4.69, 9.17) is 4.98 Å². The van der Waals surface area contributed by atoms with Crippen LogP contribution < -0.4 is 16.2 Å². The third-order valence-corrected chi connectivity index (χ3v) is 7.72. The van der Waals surface area contributed by atoms with Gasteiger partial charge >= 0.3 is 0 Å². The van der Waals surface area contributed by atoms with E-state index in [1.54, 1.807) is 28.8 Å². The molecule has 3 aromatic rings. The molecule has 1 aromatic carbocycles. The number of fused-ring (bicyclic) bond motifs is 1. The maximum absolute atomic E-state index is 13.2. The molecule has 7 nitrogen and oxygen atoms in total. The number of rotatable bonds is 9. The third-order valence-electron chi connectivity index (χ3n) is 5.64. The molecule has 0 bridgehead atoms. The Kier molecular flexibility index (Phi) is 7.19. The monoisotopic (exact) mass is 484 g/mol. The van der Waals surface area contributed by atoms with Crippen molar-refractivity contribution in [3.8, 4) is 0 Å². The van der Waals surface area contributed by atoms with E-state index >= 15 is 0 Å². The first kappa shape index (κ1) is 23.5. The number of nitrogens with zero attached hydrogens (tertiary/aromatic N) is 2. The van der Waals surface area contributed by atoms with Crippen molar-refractivity contribution in [2.45, 2.75) is 64.2 Å². The van der Waals surface area contributed by atoms with E-state index in [0.717, 1.165) is 41.0 Å². The molecule has 0 spiro atoms. The lowest BCUT2D eigenvalue weighted by Crippen LogP contribution is -2.25. The second kappa shape index (κ2) is 10.1. The van der Waals surface area contributed by atoms with Gasteiger partial charge in [-0.05, 0) is 56.9 Å². The summed E-state index contributed by atoms with van der Waals surface area (Å²) in [5.74, 6) is -0.219. The topological polar surface area (TPSA) is 93.1 Å². The van der Waals surface area contributed by atoms with Crippen LogP contribution in [0.5, 0.6) is 0 Å². The molecule has 33 heavy (non-hydrogen) atoms. The molecule has 2 heterocycles. The molecular weight excluding hydrogens is 456 g/mol. The van der Waals surface area contributed by atoms with E-state index in [1.165, 1.54) is 23.1 Å². The van der Waals surface area contributed by atoms with Crippen LogP contribution in [0.4, 0.5) is 5.69 Å². The van der Waals surface area contributed by atoms with E-state index in [9.17, 15) is 14.4 Å². The third kappa shape index (κ3) is 5.47. The van der Waals surface area contributed by atoms with E-state index in [1.807, 2.05) is 13.8 Å². The maximum Gasteiger partial charge on any atom is 0.263 e. The lowest BCUT2D eigenvalue weighted by atomic mass is 10.2. The number of aryl methyl sites for hydroxylation is 2. The zero-order valence-corrected chi connectivity index (χ0v) is 20.7. The van der Waals surface area contributed by atoms with Crippen molar-refractivity contribution in [1.29, 1.82) is 0 Å². The fraction of sp³-hybridized carbons (Fsp3) is 0.417. The van der Waals surface area contributed by atoms with Crippen LogP contribution >= 0.6 is 23.1 Å². The highest BCUT2D eigenvalue weighted by Gasteiger charge is 2.24. The Morgan fingerprint density at radius 2 is 2.06 bits per heavy atom. The number of nitrogens with one attached hydrogen (secondary N) is 2. The summed E-state index contributed by atoms with van der Waals surface area (Å²) < 4.78 is 1.70. The largest absolute Gasteiger partial charge is 0.349 e. The molecule has 9 heteroatoms. The summed E-state index contributed by atoms with van der Waals surface area (Å²) in [6.07, 6.45) is 3.87. The van der Waals surface area contributed by atoms with Crippen LogP contribution in [0, 0.1) is 13.8 Å². The van der Waals surface area contributed by atoms with Crippen molar-refractivity contribution in [2.75, 3.05) is 11.1 Å². The van der Waals surface area contributed by atoms with Gasteiger partial charge in [-0.1, -0.05) is 31.2 Å². The SMILES string of the molecule is CCCCn1c(SCC(=O)Nc2cccc(C(=O)NC3CC3)c2)nc2sc(C)c(C)c2c1=O. The first-order valence-corrected chi connectivity index (χ1v) is 13.0. The molecule has 1 aliphatic rings. The Balaban J connectivity index is 1.48. The van der Waals surface area contributed by atoms with Crippen molar-refractivity contribution in [1.82, 2.24) is 14.9 Å². The summed E-state index contributed by atoms with van der Waals surface area (Å²) in [7, 11) is 0. The average molecular weight is 485 g/mol. The van der Waals surface area contributed by atoms with Crippen molar-refractivity contribution in [2.24, 2.45) is 0 Å². The molecule has 0 saturated heterocycles. The molecule has 2 amide bonds. The van der Waals surface area contributed by atoms with Gasteiger partial charge in [0.25, 0.3) is 11.5 Å². The number of aromatic nitrogens is 2. The Morgan fingerprint density at radius 3 is 2.79 bits per heavy atom. The highest BCUT2D eigenvalue weighted by molar-refractivity contribution is 7.99. The highest BCUT2D eigenvalue weighted by Crippen LogP contribution is 2.28. The predicted molar refractivity (Wildman–Crippen MR) is 135 cm³/mol. The van der Waals surface area contributed by atoms with Gasteiger partial charge in [0.1, 0.15) is 4.83 Å². The molecule has 0 radical (unpaired) electrons. The van der Waals surface area contributed by atoms with Gasteiger partial charge in [-0.15, -0.1) is 11.3 Å². The zero-order chi connectivity index (χ0) is 23.5. The summed E-state index contributed by atoms with van der Waals surface area (Å²) in [5.41, 5.74) is 2.04. The van der Waals surface area contributed by atoms with E-state index in [2.05, 4.69) is 17.6 Å². The molecule has 0 aliphatic heterocycles. The number of unbranched alkanes of at least 4 members (excludes halogenated alkanes) is 1. The summed E-state index contributed by atoms with van der Waals surface area (Å²) >= 11 is 2.78. The first-order valence-electron chi connectivity index (χ1n) is 11.2. The van der Waals surface area contributed by atoms with Crippen LogP contribution in [0.2, 0.25) is 0 Å². The summed E-state index contributed by atoms with van der Waals surface area (Å²) in [5, 5.41) is 7.05. The van der Waals surface area contributed by atoms with Crippen LogP contribution in [0.25, 0.3) is 10.2 Å². The van der Waals surface area contributed by atoms with Crippen molar-refractivity contribution >= 4 is 50.8 Å². The summed E-state index contributed by atoms with van der Waals surface area (Å²) in [6.45, 7) is 6.61. The van der Waals surface area contributed by atoms with Crippen LogP contribution in [-0.4, -0.2) is 33.2 Å². The van der Waals surface area contributed by atoms with Gasteiger partial charge < -0.3 is 10.6 Å². The fourth-order valence-electron chi connectivity index (χ4n) is 3.49. The van der Waals surface area contributed by atoms with Crippen LogP contribution in [0.1, 0.15) is 53.4 Å². The van der Waals surface area contributed by atoms with Gasteiger partial charge in [0, 0.05) is 28.7 Å². The second-order valence-corrected chi connectivity index (χ2v) is 10.5. The summed E-state index contributed by atoms with van der Waals surface area (Å²) in [4.78, 5) is 44.6. The first-order chi connectivity index (χ1) is 15.9. The van der Waals surface area contributed by atoms with Gasteiger partial charge in [-0.2, -0.15) is 0 Å². The molecule has 2 aromatic heterocycles. The molecular formula is C24H28N4O3S2. The number of hydrogen-bond acceptors (Lipinski definition) is 6. The molecule has 2 N–H and O–H groups in total. The van der Waals surface area contributed by atoms with Gasteiger partial charge in [-0.25, -0.2) is 4.98 Å². The van der Waals surface area contributed by atoms with Gasteiger partial charge in [0.15, 0.2) is 5.16 Å². The molecule has 4 rings (SSSR count). The van der Waals surface area contributed by atoms with E-state index < -0.39 is 0 Å². The number of hydrogen-bond donors (Lipinski definition) is 2. The van der Waals surface area contributed by atoms with Crippen LogP contribution in [-0.2, 0) is 11.3 Å². The molecule has 0 atom stereocenters. The molecule has 1 saturated carbocycles. The minimum atomic E-state index is -0.213. The minimum Gasteiger partial charge on any atom is -0.349 e. The standard InChI is InChI=1S/C24H28N4O3S2/c1-4-5-11-28-23(31)20-14(2)15(3)33-22(20)27-24(28)32-13-19(29)25-18-8-6-7-16(12-18)21(30)26-17-9-10-17/h6-8,12,17H,4-5,9-11,13H2,1-3H3,(H,25,29)(H,26,30). The Hall–Kier alpha value is -2.65. The van der Waals surface area contributed by atoms with Crippen molar-refractivity contribution in [3.63, 3.8) is 0 Å². The van der Waals surface area contributed by atoms with Crippen LogP contribution in [0.15, 0.2) is 34.2 Å². The number of carbonyl (C=O) groups excluding carboxylic acids is 2. The van der Waals surface area contributed by atoms with Crippen molar-refractivity contribution < 1.29 is 9.59 Å².